The zero-order valence-corrected chi connectivity index (χ0v) is 6.23. The number of rotatable bonds is 5. The summed E-state index contributed by atoms with van der Waals surface area (Å²) in [5.41, 5.74) is 10.3. The van der Waals surface area contributed by atoms with Gasteiger partial charge in [0.05, 0.1) is 12.3 Å². The summed E-state index contributed by atoms with van der Waals surface area (Å²) in [7, 11) is 0. The maximum atomic E-state index is 10.0. The third kappa shape index (κ3) is 7.24. The minimum atomic E-state index is -0.922. The molecule has 66 valence electrons. The average molecular weight is 162 g/mol. The van der Waals surface area contributed by atoms with Crippen molar-refractivity contribution in [2.45, 2.75) is 31.5 Å². The number of aliphatic carboxylic acids is 1. The lowest BCUT2D eigenvalue weighted by atomic mass is 10.1. The van der Waals surface area contributed by atoms with E-state index < -0.39 is 18.2 Å². The molecule has 1 unspecified atom stereocenters. The molecule has 0 aliphatic heterocycles. The first-order valence-electron chi connectivity index (χ1n) is 3.43. The Morgan fingerprint density at radius 3 is 2.36 bits per heavy atom. The lowest BCUT2D eigenvalue weighted by Gasteiger charge is -2.10. The first-order valence-corrected chi connectivity index (χ1v) is 3.43. The van der Waals surface area contributed by atoms with Crippen molar-refractivity contribution < 1.29 is 15.0 Å². The van der Waals surface area contributed by atoms with E-state index >= 15 is 0 Å². The molecule has 0 saturated carbocycles. The fraction of sp³-hybridized carbons (Fsp3) is 0.833. The smallest absolute Gasteiger partial charge is 0.303 e. The van der Waals surface area contributed by atoms with Gasteiger partial charge in [0.15, 0.2) is 0 Å². The maximum Gasteiger partial charge on any atom is 0.303 e. The Morgan fingerprint density at radius 2 is 2.00 bits per heavy atom. The van der Waals surface area contributed by atoms with E-state index in [0.717, 1.165) is 0 Å². The van der Waals surface area contributed by atoms with E-state index in [0.29, 0.717) is 0 Å². The van der Waals surface area contributed by atoms with Gasteiger partial charge in [0.25, 0.3) is 0 Å². The van der Waals surface area contributed by atoms with Crippen LogP contribution in [0, 0.1) is 0 Å². The van der Waals surface area contributed by atoms with E-state index in [1.54, 1.807) is 0 Å². The van der Waals surface area contributed by atoms with Crippen molar-refractivity contribution in [2.24, 2.45) is 11.5 Å². The SMILES string of the molecule is NC(N)CC(O)CCC(=O)O. The number of carboxylic acids is 1. The number of carboxylic acid groups (broad SMARTS) is 1. The summed E-state index contributed by atoms with van der Waals surface area (Å²) in [5, 5.41) is 17.3. The molecule has 0 spiro atoms. The Bertz CT molecular complexity index is 127. The van der Waals surface area contributed by atoms with Crippen molar-refractivity contribution in [2.75, 3.05) is 0 Å². The number of aliphatic hydroxyl groups excluding tert-OH is 1. The summed E-state index contributed by atoms with van der Waals surface area (Å²) in [6.45, 7) is 0. The Labute approximate surface area is 65.0 Å². The van der Waals surface area contributed by atoms with Gasteiger partial charge in [-0.05, 0) is 6.42 Å². The number of aliphatic hydroxyl groups is 1. The molecule has 0 aromatic heterocycles. The first-order chi connectivity index (χ1) is 5.02. The standard InChI is InChI=1S/C6H14N2O3/c7-5(8)3-4(9)1-2-6(10)11/h4-5,9H,1-3,7-8H2,(H,10,11). The van der Waals surface area contributed by atoms with Crippen molar-refractivity contribution in [3.63, 3.8) is 0 Å². The van der Waals surface area contributed by atoms with Crippen LogP contribution in [0.25, 0.3) is 0 Å². The summed E-state index contributed by atoms with van der Waals surface area (Å²) in [4.78, 5) is 10.0. The van der Waals surface area contributed by atoms with Gasteiger partial charge in [0, 0.05) is 12.8 Å². The molecule has 0 heterocycles. The minimum absolute atomic E-state index is 0.0477. The second-order valence-corrected chi connectivity index (χ2v) is 2.49. The molecule has 0 fully saturated rings. The summed E-state index contributed by atoms with van der Waals surface area (Å²) < 4.78 is 0. The van der Waals surface area contributed by atoms with Crippen LogP contribution >= 0.6 is 0 Å². The van der Waals surface area contributed by atoms with Crippen molar-refractivity contribution in [3.05, 3.63) is 0 Å². The molecule has 0 amide bonds. The van der Waals surface area contributed by atoms with Gasteiger partial charge in [-0.25, -0.2) is 0 Å². The van der Waals surface area contributed by atoms with E-state index in [1.165, 1.54) is 0 Å². The quantitative estimate of drug-likeness (QED) is 0.381. The highest BCUT2D eigenvalue weighted by Gasteiger charge is 2.08. The highest BCUT2D eigenvalue weighted by molar-refractivity contribution is 5.66. The molecular weight excluding hydrogens is 148 g/mol. The molecule has 0 aromatic carbocycles. The number of hydrogen-bond donors (Lipinski definition) is 4. The fourth-order valence-corrected chi connectivity index (χ4v) is 0.722. The number of nitrogens with two attached hydrogens (primary N) is 2. The molecule has 0 radical (unpaired) electrons. The molecule has 0 saturated heterocycles. The fourth-order valence-electron chi connectivity index (χ4n) is 0.722. The molecule has 0 aliphatic rings. The summed E-state index contributed by atoms with van der Waals surface area (Å²) in [6.07, 6.45) is -0.869. The van der Waals surface area contributed by atoms with Crippen molar-refractivity contribution in [3.8, 4) is 0 Å². The van der Waals surface area contributed by atoms with Crippen LogP contribution in [-0.2, 0) is 4.79 Å². The van der Waals surface area contributed by atoms with Crippen LogP contribution in [0.15, 0.2) is 0 Å². The number of carbonyl (C=O) groups is 1. The van der Waals surface area contributed by atoms with Crippen LogP contribution in [0.4, 0.5) is 0 Å². The molecule has 0 aromatic rings. The van der Waals surface area contributed by atoms with E-state index in [-0.39, 0.29) is 19.3 Å². The largest absolute Gasteiger partial charge is 0.481 e. The second kappa shape index (κ2) is 5.06. The Kier molecular flexibility index (Phi) is 4.76. The van der Waals surface area contributed by atoms with Crippen LogP contribution in [0.5, 0.6) is 0 Å². The minimum Gasteiger partial charge on any atom is -0.481 e. The van der Waals surface area contributed by atoms with Crippen LogP contribution in [0.1, 0.15) is 19.3 Å². The maximum absolute atomic E-state index is 10.0. The van der Waals surface area contributed by atoms with Gasteiger partial charge < -0.3 is 21.7 Å². The summed E-state index contributed by atoms with van der Waals surface area (Å²) in [5.74, 6) is -0.922. The predicted molar refractivity (Wildman–Crippen MR) is 39.7 cm³/mol. The van der Waals surface area contributed by atoms with Crippen molar-refractivity contribution >= 4 is 5.97 Å². The van der Waals surface area contributed by atoms with Gasteiger partial charge in [-0.1, -0.05) is 0 Å². The van der Waals surface area contributed by atoms with Gasteiger partial charge in [0.2, 0.25) is 0 Å². The molecular formula is C6H14N2O3. The van der Waals surface area contributed by atoms with E-state index in [1.807, 2.05) is 0 Å². The summed E-state index contributed by atoms with van der Waals surface area (Å²) >= 11 is 0. The van der Waals surface area contributed by atoms with Crippen LogP contribution in [0.3, 0.4) is 0 Å². The van der Waals surface area contributed by atoms with Gasteiger partial charge in [-0.2, -0.15) is 0 Å². The highest BCUT2D eigenvalue weighted by atomic mass is 16.4. The Morgan fingerprint density at radius 1 is 1.45 bits per heavy atom. The number of hydrogen-bond acceptors (Lipinski definition) is 4. The van der Waals surface area contributed by atoms with Gasteiger partial charge in [-0.15, -0.1) is 0 Å². The normalized spacial score (nSPS) is 13.5. The van der Waals surface area contributed by atoms with Crippen LogP contribution in [-0.4, -0.2) is 28.5 Å². The molecule has 6 N–H and O–H groups in total. The van der Waals surface area contributed by atoms with Gasteiger partial charge in [0.1, 0.15) is 0 Å². The Balaban J connectivity index is 3.37. The zero-order chi connectivity index (χ0) is 8.85. The summed E-state index contributed by atoms with van der Waals surface area (Å²) in [6, 6.07) is 0. The lowest BCUT2D eigenvalue weighted by molar-refractivity contribution is -0.137. The van der Waals surface area contributed by atoms with Gasteiger partial charge >= 0.3 is 5.97 Å². The van der Waals surface area contributed by atoms with Gasteiger partial charge in [-0.3, -0.25) is 4.79 Å². The molecule has 1 atom stereocenters. The topological polar surface area (TPSA) is 110 Å². The molecule has 0 rings (SSSR count). The molecule has 0 bridgehead atoms. The van der Waals surface area contributed by atoms with Crippen molar-refractivity contribution in [1.82, 2.24) is 0 Å². The second-order valence-electron chi connectivity index (χ2n) is 2.49. The predicted octanol–water partition coefficient (Wildman–Crippen LogP) is -1.15. The molecule has 5 heteroatoms. The van der Waals surface area contributed by atoms with Crippen LogP contribution in [0.2, 0.25) is 0 Å². The zero-order valence-electron chi connectivity index (χ0n) is 6.23. The van der Waals surface area contributed by atoms with Crippen LogP contribution < -0.4 is 11.5 Å². The monoisotopic (exact) mass is 162 g/mol. The first kappa shape index (κ1) is 10.3. The highest BCUT2D eigenvalue weighted by Crippen LogP contribution is 2.01. The third-order valence-electron chi connectivity index (χ3n) is 1.24. The molecule has 5 nitrogen and oxygen atoms in total. The van der Waals surface area contributed by atoms with E-state index in [9.17, 15) is 4.79 Å². The Hall–Kier alpha value is -0.650. The van der Waals surface area contributed by atoms with E-state index in [2.05, 4.69) is 0 Å². The lowest BCUT2D eigenvalue weighted by Crippen LogP contribution is -2.34. The molecule has 11 heavy (non-hydrogen) atoms. The molecule has 0 aliphatic carbocycles. The van der Waals surface area contributed by atoms with Crippen molar-refractivity contribution in [1.29, 1.82) is 0 Å². The van der Waals surface area contributed by atoms with E-state index in [4.69, 9.17) is 21.7 Å². The third-order valence-corrected chi connectivity index (χ3v) is 1.24. The average Bonchev–Trinajstić information content (AvgIpc) is 1.82.